The number of hydrogen-bond acceptors (Lipinski definition) is 5. The van der Waals surface area contributed by atoms with E-state index in [4.69, 9.17) is 14.3 Å². The van der Waals surface area contributed by atoms with Crippen molar-refractivity contribution < 1.29 is 27.4 Å². The molecule has 0 spiro atoms. The number of aromatic nitrogens is 2. The lowest BCUT2D eigenvalue weighted by molar-refractivity contribution is -0.139. The van der Waals surface area contributed by atoms with Crippen LogP contribution in [0.2, 0.25) is 0 Å². The quantitative estimate of drug-likeness (QED) is 0.936. The van der Waals surface area contributed by atoms with Crippen LogP contribution in [0.4, 0.5) is 13.2 Å². The molecule has 5 nitrogen and oxygen atoms in total. The monoisotopic (exact) mass is 288 g/mol. The van der Waals surface area contributed by atoms with Crippen LogP contribution in [0.1, 0.15) is 22.9 Å². The van der Waals surface area contributed by atoms with E-state index in [-0.39, 0.29) is 23.8 Å². The van der Waals surface area contributed by atoms with Gasteiger partial charge in [-0.1, -0.05) is 6.07 Å². The Hall–Kier alpha value is -2.09. The molecule has 1 aromatic carbocycles. The van der Waals surface area contributed by atoms with Crippen LogP contribution >= 0.6 is 0 Å². The largest absolute Gasteiger partial charge is 0.483 e. The molecule has 2 rings (SSSR count). The highest BCUT2D eigenvalue weighted by molar-refractivity contribution is 5.39. The zero-order valence-corrected chi connectivity index (χ0v) is 10.4. The van der Waals surface area contributed by atoms with E-state index in [1.807, 2.05) is 0 Å². The summed E-state index contributed by atoms with van der Waals surface area (Å²) in [5, 5.41) is 16.1. The van der Waals surface area contributed by atoms with Gasteiger partial charge in [-0.3, -0.25) is 0 Å². The van der Waals surface area contributed by atoms with E-state index in [1.54, 1.807) is 6.92 Å². The van der Waals surface area contributed by atoms with Gasteiger partial charge < -0.3 is 14.3 Å². The fourth-order valence-corrected chi connectivity index (χ4v) is 1.56. The molecule has 0 aliphatic rings. The molecule has 0 atom stereocenters. The minimum Gasteiger partial charge on any atom is -0.483 e. The Kier molecular flexibility index (Phi) is 3.93. The van der Waals surface area contributed by atoms with Crippen molar-refractivity contribution in [2.45, 2.75) is 26.3 Å². The van der Waals surface area contributed by atoms with Crippen LogP contribution in [0, 0.1) is 6.92 Å². The predicted molar refractivity (Wildman–Crippen MR) is 60.7 cm³/mol. The number of rotatable bonds is 4. The molecule has 0 unspecified atom stereocenters. The summed E-state index contributed by atoms with van der Waals surface area (Å²) < 4.78 is 48.7. The van der Waals surface area contributed by atoms with Crippen molar-refractivity contribution in [2.75, 3.05) is 0 Å². The molecule has 1 aromatic heterocycles. The highest BCUT2D eigenvalue weighted by atomic mass is 19.4. The average molecular weight is 288 g/mol. The minimum absolute atomic E-state index is 0.0851. The molecule has 2 aromatic rings. The number of hydrogen-bond donors (Lipinski definition) is 1. The molecule has 0 aliphatic heterocycles. The zero-order chi connectivity index (χ0) is 14.8. The number of aryl methyl sites for hydroxylation is 1. The second-order valence-corrected chi connectivity index (χ2v) is 3.99. The molecule has 0 saturated carbocycles. The average Bonchev–Trinajstić information content (AvgIpc) is 2.81. The van der Waals surface area contributed by atoms with Gasteiger partial charge in [0.25, 0.3) is 5.89 Å². The molecule has 8 heteroatoms. The van der Waals surface area contributed by atoms with Crippen LogP contribution < -0.4 is 4.74 Å². The smallest absolute Gasteiger partial charge is 0.419 e. The van der Waals surface area contributed by atoms with Gasteiger partial charge >= 0.3 is 6.18 Å². The summed E-state index contributed by atoms with van der Waals surface area (Å²) in [5.74, 6) is 0.0303. The number of aliphatic hydroxyl groups excluding tert-OH is 1. The molecule has 20 heavy (non-hydrogen) atoms. The lowest BCUT2D eigenvalue weighted by atomic mass is 10.1. The van der Waals surface area contributed by atoms with E-state index in [9.17, 15) is 13.2 Å². The fraction of sp³-hybridized carbons (Fsp3) is 0.333. The summed E-state index contributed by atoms with van der Waals surface area (Å²) in [6.07, 6.45) is -4.58. The van der Waals surface area contributed by atoms with Gasteiger partial charge in [-0.2, -0.15) is 13.2 Å². The second-order valence-electron chi connectivity index (χ2n) is 3.99. The van der Waals surface area contributed by atoms with Crippen molar-refractivity contribution in [1.82, 2.24) is 10.2 Å². The Morgan fingerprint density at radius 3 is 2.60 bits per heavy atom. The maximum atomic E-state index is 12.9. The maximum absolute atomic E-state index is 12.9. The molecule has 0 saturated heterocycles. The van der Waals surface area contributed by atoms with E-state index < -0.39 is 18.3 Å². The van der Waals surface area contributed by atoms with Crippen LogP contribution in [0.5, 0.6) is 5.75 Å². The predicted octanol–water partition coefficient (Wildman–Crippen LogP) is 2.47. The van der Waals surface area contributed by atoms with Gasteiger partial charge in [0.1, 0.15) is 5.75 Å². The summed E-state index contributed by atoms with van der Waals surface area (Å²) in [6, 6.07) is 3.34. The van der Waals surface area contributed by atoms with Crippen LogP contribution in [-0.2, 0) is 19.4 Å². The lowest BCUT2D eigenvalue weighted by Crippen LogP contribution is -2.09. The Morgan fingerprint density at radius 1 is 1.30 bits per heavy atom. The first-order valence-corrected chi connectivity index (χ1v) is 5.63. The Balaban J connectivity index is 2.22. The fourth-order valence-electron chi connectivity index (χ4n) is 1.56. The third kappa shape index (κ3) is 3.27. The lowest BCUT2D eigenvalue weighted by Gasteiger charge is -2.14. The van der Waals surface area contributed by atoms with Crippen molar-refractivity contribution in [1.29, 1.82) is 0 Å². The highest BCUT2D eigenvalue weighted by Crippen LogP contribution is 2.37. The van der Waals surface area contributed by atoms with Crippen LogP contribution in [0.15, 0.2) is 22.6 Å². The molecule has 0 amide bonds. The molecule has 0 bridgehead atoms. The Labute approximate surface area is 112 Å². The van der Waals surface area contributed by atoms with Gasteiger partial charge in [0.2, 0.25) is 5.89 Å². The molecular weight excluding hydrogens is 277 g/mol. The van der Waals surface area contributed by atoms with Crippen molar-refractivity contribution in [3.63, 3.8) is 0 Å². The summed E-state index contributed by atoms with van der Waals surface area (Å²) in [4.78, 5) is 0. The van der Waals surface area contributed by atoms with Crippen molar-refractivity contribution in [3.8, 4) is 5.75 Å². The van der Waals surface area contributed by atoms with Gasteiger partial charge in [-0.25, -0.2) is 0 Å². The van der Waals surface area contributed by atoms with E-state index >= 15 is 0 Å². The van der Waals surface area contributed by atoms with Gasteiger partial charge in [0.15, 0.2) is 6.61 Å². The normalized spacial score (nSPS) is 11.7. The number of ether oxygens (including phenoxy) is 1. The van der Waals surface area contributed by atoms with Gasteiger partial charge in [-0.05, 0) is 17.7 Å². The Bertz CT molecular complexity index is 596. The zero-order valence-electron chi connectivity index (χ0n) is 10.4. The topological polar surface area (TPSA) is 68.4 Å². The van der Waals surface area contributed by atoms with E-state index in [0.29, 0.717) is 5.89 Å². The van der Waals surface area contributed by atoms with Crippen LogP contribution in [0.25, 0.3) is 0 Å². The molecule has 1 heterocycles. The first kappa shape index (κ1) is 14.3. The molecule has 108 valence electrons. The molecule has 0 aliphatic carbocycles. The van der Waals surface area contributed by atoms with Crippen molar-refractivity contribution in [2.24, 2.45) is 0 Å². The standard InChI is InChI=1S/C12H11F3N2O3/c1-7-16-17-11(20-7)6-19-10-3-2-8(5-18)4-9(10)12(13,14)15/h2-4,18H,5-6H2,1H3. The number of halogens is 3. The molecule has 1 N–H and O–H groups in total. The van der Waals surface area contributed by atoms with Gasteiger partial charge in [0, 0.05) is 6.92 Å². The number of nitrogens with zero attached hydrogens (tertiary/aromatic N) is 2. The third-order valence-electron chi connectivity index (χ3n) is 2.45. The summed E-state index contributed by atoms with van der Waals surface area (Å²) in [6.45, 7) is 0.822. The van der Waals surface area contributed by atoms with Gasteiger partial charge in [0.05, 0.1) is 12.2 Å². The first-order valence-electron chi connectivity index (χ1n) is 5.63. The maximum Gasteiger partial charge on any atom is 0.419 e. The summed E-state index contributed by atoms with van der Waals surface area (Å²) in [7, 11) is 0. The van der Waals surface area contributed by atoms with Crippen molar-refractivity contribution >= 4 is 0 Å². The number of alkyl halides is 3. The third-order valence-corrected chi connectivity index (χ3v) is 2.45. The van der Waals surface area contributed by atoms with Gasteiger partial charge in [-0.15, -0.1) is 10.2 Å². The Morgan fingerprint density at radius 2 is 2.05 bits per heavy atom. The molecule has 0 fully saturated rings. The molecular formula is C12H11F3N2O3. The summed E-state index contributed by atoms with van der Waals surface area (Å²) >= 11 is 0. The highest BCUT2D eigenvalue weighted by Gasteiger charge is 2.34. The van der Waals surface area contributed by atoms with E-state index in [0.717, 1.165) is 12.1 Å². The number of benzene rings is 1. The second kappa shape index (κ2) is 5.49. The summed E-state index contributed by atoms with van der Waals surface area (Å²) in [5.41, 5.74) is -0.807. The molecule has 0 radical (unpaired) electrons. The van der Waals surface area contributed by atoms with E-state index in [1.165, 1.54) is 6.07 Å². The number of aliphatic hydroxyl groups is 1. The first-order chi connectivity index (χ1) is 9.40. The van der Waals surface area contributed by atoms with Crippen LogP contribution in [0.3, 0.4) is 0 Å². The van der Waals surface area contributed by atoms with Crippen molar-refractivity contribution in [3.05, 3.63) is 41.1 Å². The SMILES string of the molecule is Cc1nnc(COc2ccc(CO)cc2C(F)(F)F)o1. The van der Waals surface area contributed by atoms with Crippen LogP contribution in [-0.4, -0.2) is 15.3 Å². The van der Waals surface area contributed by atoms with E-state index in [2.05, 4.69) is 10.2 Å². The minimum atomic E-state index is -4.58.